The van der Waals surface area contributed by atoms with Crippen molar-refractivity contribution in [1.29, 1.82) is 0 Å². The predicted molar refractivity (Wildman–Crippen MR) is 70.2 cm³/mol. The number of nitrogens with zero attached hydrogens (tertiary/aromatic N) is 1. The van der Waals surface area contributed by atoms with Crippen LogP contribution in [0.25, 0.3) is 0 Å². The third-order valence-corrected chi connectivity index (χ3v) is 3.38. The molecule has 98 valence electrons. The minimum Gasteiger partial charge on any atom is -0.376 e. The van der Waals surface area contributed by atoms with Crippen molar-refractivity contribution in [1.82, 2.24) is 0 Å². The molecule has 1 aliphatic rings. The number of benzene rings is 1. The van der Waals surface area contributed by atoms with Crippen LogP contribution in [-0.2, 0) is 4.74 Å². The number of nitro benzene ring substituents is 1. The summed E-state index contributed by atoms with van der Waals surface area (Å²) in [6.07, 6.45) is 2.11. The smallest absolute Gasteiger partial charge is 0.310 e. The summed E-state index contributed by atoms with van der Waals surface area (Å²) < 4.78 is 5.55. The van der Waals surface area contributed by atoms with Gasteiger partial charge in [0.05, 0.1) is 11.0 Å². The molecule has 1 aliphatic heterocycles. The highest BCUT2D eigenvalue weighted by molar-refractivity contribution is 6.33. The molecule has 1 fully saturated rings. The standard InChI is InChI=1S/C12H15ClN2O3/c1-8(11-6-3-7-18-11)14-10-5-2-4-9(13)12(10)15(16)17/h2,4-5,8,11,14H,3,6-7H2,1H3. The second-order valence-corrected chi connectivity index (χ2v) is 4.78. The molecule has 1 aromatic rings. The third-order valence-electron chi connectivity index (χ3n) is 3.08. The van der Waals surface area contributed by atoms with E-state index in [9.17, 15) is 10.1 Å². The molecule has 0 radical (unpaired) electrons. The summed E-state index contributed by atoms with van der Waals surface area (Å²) in [4.78, 5) is 10.5. The van der Waals surface area contributed by atoms with Gasteiger partial charge in [0, 0.05) is 12.6 Å². The van der Waals surface area contributed by atoms with E-state index in [1.54, 1.807) is 12.1 Å². The van der Waals surface area contributed by atoms with Crippen molar-refractivity contribution < 1.29 is 9.66 Å². The van der Waals surface area contributed by atoms with Gasteiger partial charge in [-0.3, -0.25) is 10.1 Å². The zero-order valence-electron chi connectivity index (χ0n) is 10.1. The minimum atomic E-state index is -0.465. The molecule has 2 rings (SSSR count). The van der Waals surface area contributed by atoms with Gasteiger partial charge in [-0.05, 0) is 31.9 Å². The summed E-state index contributed by atoms with van der Waals surface area (Å²) in [5.41, 5.74) is 0.361. The van der Waals surface area contributed by atoms with E-state index >= 15 is 0 Å². The zero-order valence-corrected chi connectivity index (χ0v) is 10.8. The lowest BCUT2D eigenvalue weighted by atomic mass is 10.1. The van der Waals surface area contributed by atoms with E-state index in [1.807, 2.05) is 6.92 Å². The number of nitrogens with one attached hydrogen (secondary N) is 1. The number of rotatable bonds is 4. The van der Waals surface area contributed by atoms with Crippen molar-refractivity contribution in [3.63, 3.8) is 0 Å². The van der Waals surface area contributed by atoms with Gasteiger partial charge in [-0.15, -0.1) is 0 Å². The maximum Gasteiger partial charge on any atom is 0.310 e. The number of hydrogen-bond donors (Lipinski definition) is 1. The first-order valence-corrected chi connectivity index (χ1v) is 6.28. The SMILES string of the molecule is CC(Nc1cccc(Cl)c1[N+](=O)[O-])C1CCCO1. The summed E-state index contributed by atoms with van der Waals surface area (Å²) in [7, 11) is 0. The van der Waals surface area contributed by atoms with Crippen LogP contribution >= 0.6 is 11.6 Å². The molecule has 5 nitrogen and oxygen atoms in total. The molecule has 0 amide bonds. The molecule has 0 spiro atoms. The lowest BCUT2D eigenvalue weighted by molar-refractivity contribution is -0.383. The lowest BCUT2D eigenvalue weighted by Gasteiger charge is -2.21. The Balaban J connectivity index is 2.17. The number of ether oxygens (including phenoxy) is 1. The molecule has 6 heteroatoms. The molecule has 1 heterocycles. The van der Waals surface area contributed by atoms with Crippen LogP contribution in [-0.4, -0.2) is 23.7 Å². The van der Waals surface area contributed by atoms with Gasteiger partial charge < -0.3 is 10.1 Å². The van der Waals surface area contributed by atoms with Gasteiger partial charge in [0.1, 0.15) is 10.7 Å². The Morgan fingerprint density at radius 1 is 1.61 bits per heavy atom. The topological polar surface area (TPSA) is 64.4 Å². The summed E-state index contributed by atoms with van der Waals surface area (Å²) in [6, 6.07) is 4.89. The van der Waals surface area contributed by atoms with Crippen molar-refractivity contribution in [2.24, 2.45) is 0 Å². The van der Waals surface area contributed by atoms with Crippen LogP contribution in [0.2, 0.25) is 5.02 Å². The first-order valence-electron chi connectivity index (χ1n) is 5.90. The second-order valence-electron chi connectivity index (χ2n) is 4.38. The molecule has 0 aliphatic carbocycles. The van der Waals surface area contributed by atoms with Crippen LogP contribution in [0.5, 0.6) is 0 Å². The van der Waals surface area contributed by atoms with Crippen LogP contribution in [0, 0.1) is 10.1 Å². The Kier molecular flexibility index (Phi) is 4.04. The van der Waals surface area contributed by atoms with Crippen molar-refractivity contribution in [3.8, 4) is 0 Å². The van der Waals surface area contributed by atoms with Crippen LogP contribution < -0.4 is 5.32 Å². The van der Waals surface area contributed by atoms with Gasteiger partial charge in [-0.2, -0.15) is 0 Å². The maximum atomic E-state index is 11.0. The van der Waals surface area contributed by atoms with Crippen LogP contribution in [0.4, 0.5) is 11.4 Å². The van der Waals surface area contributed by atoms with Crippen molar-refractivity contribution >= 4 is 23.0 Å². The van der Waals surface area contributed by atoms with Crippen LogP contribution in [0.1, 0.15) is 19.8 Å². The Morgan fingerprint density at radius 2 is 2.39 bits per heavy atom. The van der Waals surface area contributed by atoms with E-state index in [1.165, 1.54) is 6.07 Å². The Labute approximate surface area is 110 Å². The van der Waals surface area contributed by atoms with Crippen molar-refractivity contribution in [2.75, 3.05) is 11.9 Å². The average Bonchev–Trinajstić information content (AvgIpc) is 2.81. The van der Waals surface area contributed by atoms with Gasteiger partial charge in [-0.1, -0.05) is 17.7 Å². The largest absolute Gasteiger partial charge is 0.376 e. The molecule has 0 saturated carbocycles. The second kappa shape index (κ2) is 5.54. The van der Waals surface area contributed by atoms with Crippen LogP contribution in [0.15, 0.2) is 18.2 Å². The number of para-hydroxylation sites is 1. The molecule has 1 saturated heterocycles. The van der Waals surface area contributed by atoms with Gasteiger partial charge in [0.15, 0.2) is 0 Å². The fraction of sp³-hybridized carbons (Fsp3) is 0.500. The van der Waals surface area contributed by atoms with E-state index in [0.29, 0.717) is 5.69 Å². The zero-order chi connectivity index (χ0) is 13.1. The first kappa shape index (κ1) is 13.1. The molecule has 2 unspecified atom stereocenters. The van der Waals surface area contributed by atoms with Crippen LogP contribution in [0.3, 0.4) is 0 Å². The maximum absolute atomic E-state index is 11.0. The van der Waals surface area contributed by atoms with Gasteiger partial charge in [0.2, 0.25) is 0 Å². The fourth-order valence-electron chi connectivity index (χ4n) is 2.15. The highest BCUT2D eigenvalue weighted by Gasteiger charge is 2.25. The molecule has 1 aromatic carbocycles. The van der Waals surface area contributed by atoms with E-state index < -0.39 is 4.92 Å². The quantitative estimate of drug-likeness (QED) is 0.674. The van der Waals surface area contributed by atoms with E-state index in [-0.39, 0.29) is 22.9 Å². The first-order chi connectivity index (χ1) is 8.59. The number of nitro groups is 1. The van der Waals surface area contributed by atoms with Crippen molar-refractivity contribution in [2.45, 2.75) is 31.9 Å². The Hall–Kier alpha value is -1.33. The molecule has 2 atom stereocenters. The number of anilines is 1. The van der Waals surface area contributed by atoms with E-state index in [4.69, 9.17) is 16.3 Å². The highest BCUT2D eigenvalue weighted by atomic mass is 35.5. The summed E-state index contributed by atoms with van der Waals surface area (Å²) in [6.45, 7) is 2.72. The molecule has 1 N–H and O–H groups in total. The molecule has 0 aromatic heterocycles. The highest BCUT2D eigenvalue weighted by Crippen LogP contribution is 2.33. The van der Waals surface area contributed by atoms with Gasteiger partial charge in [0.25, 0.3) is 0 Å². The summed E-state index contributed by atoms with van der Waals surface area (Å²) in [5.74, 6) is 0. The fourth-order valence-corrected chi connectivity index (χ4v) is 2.40. The Bertz CT molecular complexity index is 447. The normalized spacial score (nSPS) is 20.7. The predicted octanol–water partition coefficient (Wildman–Crippen LogP) is 3.23. The summed E-state index contributed by atoms with van der Waals surface area (Å²) in [5, 5.41) is 14.3. The summed E-state index contributed by atoms with van der Waals surface area (Å²) >= 11 is 5.85. The molecule has 0 bridgehead atoms. The van der Waals surface area contributed by atoms with E-state index in [2.05, 4.69) is 5.32 Å². The monoisotopic (exact) mass is 270 g/mol. The lowest BCUT2D eigenvalue weighted by Crippen LogP contribution is -2.30. The van der Waals surface area contributed by atoms with Gasteiger partial charge in [-0.25, -0.2) is 0 Å². The van der Waals surface area contributed by atoms with E-state index in [0.717, 1.165) is 19.4 Å². The Morgan fingerprint density at radius 3 is 3.00 bits per heavy atom. The number of halogens is 1. The minimum absolute atomic E-state index is 0.0182. The third kappa shape index (κ3) is 2.73. The molecular formula is C12H15ClN2O3. The van der Waals surface area contributed by atoms with Gasteiger partial charge >= 0.3 is 5.69 Å². The molecular weight excluding hydrogens is 256 g/mol. The average molecular weight is 271 g/mol. The van der Waals surface area contributed by atoms with Crippen molar-refractivity contribution in [3.05, 3.63) is 33.3 Å². The number of hydrogen-bond acceptors (Lipinski definition) is 4. The molecule has 18 heavy (non-hydrogen) atoms.